The number of carboxylic acids is 1. The molecule has 0 atom stereocenters. The SMILES string of the molecule is Cc1ccc(/C=C2\Oc3cc(OCC(=O)[O-])ccc3C2=O)o1. The summed E-state index contributed by atoms with van der Waals surface area (Å²) in [5.41, 5.74) is 0.385. The van der Waals surface area contributed by atoms with Crippen LogP contribution in [-0.4, -0.2) is 18.4 Å². The molecule has 1 aromatic carbocycles. The molecule has 0 aliphatic carbocycles. The van der Waals surface area contributed by atoms with Gasteiger partial charge < -0.3 is 23.8 Å². The fourth-order valence-corrected chi connectivity index (χ4v) is 2.06. The molecule has 2 aromatic rings. The number of carbonyl (C=O) groups is 2. The Morgan fingerprint density at radius 3 is 2.82 bits per heavy atom. The van der Waals surface area contributed by atoms with Crippen LogP contribution in [0.3, 0.4) is 0 Å². The third-order valence-electron chi connectivity index (χ3n) is 3.03. The largest absolute Gasteiger partial charge is 0.546 e. The molecular weight excluding hydrogens is 288 g/mol. The Balaban J connectivity index is 1.84. The second-order valence-corrected chi connectivity index (χ2v) is 4.71. The van der Waals surface area contributed by atoms with Crippen LogP contribution in [0.2, 0.25) is 0 Å². The number of allylic oxidation sites excluding steroid dienone is 1. The van der Waals surface area contributed by atoms with E-state index in [2.05, 4.69) is 0 Å². The number of rotatable bonds is 4. The minimum Gasteiger partial charge on any atom is -0.546 e. The summed E-state index contributed by atoms with van der Waals surface area (Å²) in [6.07, 6.45) is 1.51. The first-order valence-corrected chi connectivity index (χ1v) is 6.50. The third kappa shape index (κ3) is 2.71. The van der Waals surface area contributed by atoms with Gasteiger partial charge in [0.05, 0.1) is 11.5 Å². The number of aliphatic carboxylic acids is 1. The number of Topliss-reactive ketones (excluding diaryl/α,β-unsaturated/α-hetero) is 1. The van der Waals surface area contributed by atoms with Crippen molar-refractivity contribution in [2.75, 3.05) is 6.61 Å². The van der Waals surface area contributed by atoms with Crippen LogP contribution in [0, 0.1) is 6.92 Å². The number of furan rings is 1. The van der Waals surface area contributed by atoms with E-state index in [4.69, 9.17) is 13.9 Å². The van der Waals surface area contributed by atoms with E-state index in [0.717, 1.165) is 5.76 Å². The Hall–Kier alpha value is -3.02. The van der Waals surface area contributed by atoms with Gasteiger partial charge in [-0.05, 0) is 31.2 Å². The minimum absolute atomic E-state index is 0.140. The Morgan fingerprint density at radius 1 is 1.32 bits per heavy atom. The third-order valence-corrected chi connectivity index (χ3v) is 3.03. The average Bonchev–Trinajstić information content (AvgIpc) is 3.01. The predicted octanol–water partition coefficient (Wildman–Crippen LogP) is 1.33. The maximum atomic E-state index is 12.2. The lowest BCUT2D eigenvalue weighted by molar-refractivity contribution is -0.307. The normalized spacial score (nSPS) is 14.8. The summed E-state index contributed by atoms with van der Waals surface area (Å²) < 4.78 is 15.9. The molecule has 3 rings (SSSR count). The Morgan fingerprint density at radius 2 is 2.14 bits per heavy atom. The van der Waals surface area contributed by atoms with Crippen molar-refractivity contribution in [3.63, 3.8) is 0 Å². The number of ether oxygens (including phenoxy) is 2. The van der Waals surface area contributed by atoms with E-state index in [1.54, 1.807) is 19.1 Å². The van der Waals surface area contributed by atoms with Gasteiger partial charge in [0.25, 0.3) is 0 Å². The molecule has 0 spiro atoms. The molecule has 22 heavy (non-hydrogen) atoms. The van der Waals surface area contributed by atoms with Crippen molar-refractivity contribution >= 4 is 17.8 Å². The molecule has 1 aliphatic rings. The maximum Gasteiger partial charge on any atom is 0.232 e. The van der Waals surface area contributed by atoms with Crippen LogP contribution >= 0.6 is 0 Å². The second kappa shape index (κ2) is 5.40. The summed E-state index contributed by atoms with van der Waals surface area (Å²) in [6.45, 7) is 1.23. The topological polar surface area (TPSA) is 88.8 Å². The Bertz CT molecular complexity index is 784. The van der Waals surface area contributed by atoms with Crippen LogP contribution < -0.4 is 14.6 Å². The predicted molar refractivity (Wildman–Crippen MR) is 73.3 cm³/mol. The summed E-state index contributed by atoms with van der Waals surface area (Å²) in [5, 5.41) is 10.4. The Kier molecular flexibility index (Phi) is 3.42. The van der Waals surface area contributed by atoms with Gasteiger partial charge in [-0.25, -0.2) is 0 Å². The Labute approximate surface area is 125 Å². The van der Waals surface area contributed by atoms with Gasteiger partial charge in [0, 0.05) is 12.1 Å². The lowest BCUT2D eigenvalue weighted by Crippen LogP contribution is -2.28. The van der Waals surface area contributed by atoms with Gasteiger partial charge in [-0.1, -0.05) is 0 Å². The highest BCUT2D eigenvalue weighted by Crippen LogP contribution is 2.34. The molecule has 1 aromatic heterocycles. The van der Waals surface area contributed by atoms with Gasteiger partial charge >= 0.3 is 0 Å². The van der Waals surface area contributed by atoms with Crippen molar-refractivity contribution in [1.29, 1.82) is 0 Å². The van der Waals surface area contributed by atoms with Crippen LogP contribution in [-0.2, 0) is 4.79 Å². The van der Waals surface area contributed by atoms with Crippen molar-refractivity contribution in [2.24, 2.45) is 0 Å². The van der Waals surface area contributed by atoms with Crippen LogP contribution in [0.5, 0.6) is 11.5 Å². The van der Waals surface area contributed by atoms with E-state index in [1.807, 2.05) is 0 Å². The van der Waals surface area contributed by atoms with Gasteiger partial charge in [-0.3, -0.25) is 4.79 Å². The highest BCUT2D eigenvalue weighted by molar-refractivity contribution is 6.14. The highest BCUT2D eigenvalue weighted by Gasteiger charge is 2.28. The van der Waals surface area contributed by atoms with E-state index in [-0.39, 0.29) is 17.3 Å². The molecule has 1 aliphatic heterocycles. The maximum absolute atomic E-state index is 12.2. The molecule has 0 radical (unpaired) electrons. The molecule has 6 nitrogen and oxygen atoms in total. The van der Waals surface area contributed by atoms with Crippen molar-refractivity contribution in [1.82, 2.24) is 0 Å². The van der Waals surface area contributed by atoms with Crippen molar-refractivity contribution in [3.05, 3.63) is 53.2 Å². The fourth-order valence-electron chi connectivity index (χ4n) is 2.06. The molecule has 0 bridgehead atoms. The fraction of sp³-hybridized carbons (Fsp3) is 0.125. The number of ketones is 1. The molecule has 6 heteroatoms. The number of hydrogen-bond donors (Lipinski definition) is 0. The van der Waals surface area contributed by atoms with E-state index in [0.29, 0.717) is 17.1 Å². The van der Waals surface area contributed by atoms with Gasteiger partial charge in [0.15, 0.2) is 5.76 Å². The standard InChI is InChI=1S/C16H12O6/c1-9-2-3-11(21-9)7-14-16(19)12-5-4-10(6-13(12)22-14)20-8-15(17)18/h2-7H,8H2,1H3,(H,17,18)/p-1/b14-7-. The first kappa shape index (κ1) is 13.9. The van der Waals surface area contributed by atoms with Crippen LogP contribution in [0.25, 0.3) is 6.08 Å². The molecule has 0 unspecified atom stereocenters. The van der Waals surface area contributed by atoms with Crippen molar-refractivity contribution in [2.45, 2.75) is 6.92 Å². The monoisotopic (exact) mass is 299 g/mol. The second-order valence-electron chi connectivity index (χ2n) is 4.71. The summed E-state index contributed by atoms with van der Waals surface area (Å²) in [5.74, 6) is 0.388. The van der Waals surface area contributed by atoms with Crippen LogP contribution in [0.15, 0.2) is 40.5 Å². The van der Waals surface area contributed by atoms with Crippen molar-refractivity contribution < 1.29 is 28.6 Å². The summed E-state index contributed by atoms with van der Waals surface area (Å²) in [4.78, 5) is 22.6. The summed E-state index contributed by atoms with van der Waals surface area (Å²) in [6, 6.07) is 8.01. The van der Waals surface area contributed by atoms with E-state index in [9.17, 15) is 14.7 Å². The molecular formula is C16H11O6-. The molecule has 0 saturated heterocycles. The zero-order valence-electron chi connectivity index (χ0n) is 11.6. The van der Waals surface area contributed by atoms with E-state index >= 15 is 0 Å². The molecule has 0 amide bonds. The molecule has 0 saturated carbocycles. The van der Waals surface area contributed by atoms with Gasteiger partial charge in [-0.2, -0.15) is 0 Å². The molecule has 0 fully saturated rings. The summed E-state index contributed by atoms with van der Waals surface area (Å²) >= 11 is 0. The van der Waals surface area contributed by atoms with Gasteiger partial charge in [-0.15, -0.1) is 0 Å². The number of hydrogen-bond acceptors (Lipinski definition) is 6. The quantitative estimate of drug-likeness (QED) is 0.791. The zero-order chi connectivity index (χ0) is 15.7. The van der Waals surface area contributed by atoms with E-state index < -0.39 is 12.6 Å². The lowest BCUT2D eigenvalue weighted by atomic mass is 10.1. The van der Waals surface area contributed by atoms with E-state index in [1.165, 1.54) is 24.3 Å². The highest BCUT2D eigenvalue weighted by atomic mass is 16.5. The van der Waals surface area contributed by atoms with Gasteiger partial charge in [0.1, 0.15) is 29.6 Å². The molecule has 112 valence electrons. The first-order chi connectivity index (χ1) is 10.5. The minimum atomic E-state index is -1.33. The van der Waals surface area contributed by atoms with Crippen LogP contribution in [0.4, 0.5) is 0 Å². The smallest absolute Gasteiger partial charge is 0.232 e. The first-order valence-electron chi connectivity index (χ1n) is 6.50. The van der Waals surface area contributed by atoms with Gasteiger partial charge in [0.2, 0.25) is 5.78 Å². The van der Waals surface area contributed by atoms with Crippen molar-refractivity contribution in [3.8, 4) is 11.5 Å². The average molecular weight is 299 g/mol. The molecule has 2 heterocycles. The van der Waals surface area contributed by atoms with Crippen LogP contribution in [0.1, 0.15) is 21.9 Å². The molecule has 0 N–H and O–H groups in total. The summed E-state index contributed by atoms with van der Waals surface area (Å²) in [7, 11) is 0. The number of benzene rings is 1. The number of carboxylic acid groups (broad SMARTS) is 1. The number of aryl methyl sites for hydroxylation is 1. The number of fused-ring (bicyclic) bond motifs is 1. The zero-order valence-corrected chi connectivity index (χ0v) is 11.6. The lowest BCUT2D eigenvalue weighted by Gasteiger charge is -2.07. The number of carbonyl (C=O) groups excluding carboxylic acids is 2.